The highest BCUT2D eigenvalue weighted by atomic mass is 19.1. The highest BCUT2D eigenvalue weighted by Gasteiger charge is 2.07. The van der Waals surface area contributed by atoms with Crippen LogP contribution in [0.5, 0.6) is 5.75 Å². The van der Waals surface area contributed by atoms with Crippen LogP contribution in [0.4, 0.5) is 8.78 Å². The molecule has 2 aromatic carbocycles. The van der Waals surface area contributed by atoms with Gasteiger partial charge in [0.25, 0.3) is 5.91 Å². The van der Waals surface area contributed by atoms with Gasteiger partial charge < -0.3 is 4.74 Å². The highest BCUT2D eigenvalue weighted by molar-refractivity contribution is 5.83. The predicted octanol–water partition coefficient (Wildman–Crippen LogP) is 1.73. The summed E-state index contributed by atoms with van der Waals surface area (Å²) in [5, 5.41) is 0. The number of carbonyl (C=O) groups is 2. The zero-order valence-corrected chi connectivity index (χ0v) is 12.0. The van der Waals surface area contributed by atoms with Gasteiger partial charge >= 0.3 is 0 Å². The third kappa shape index (κ3) is 5.74. The van der Waals surface area contributed by atoms with Gasteiger partial charge in [-0.2, -0.15) is 0 Å². The fourth-order valence-corrected chi connectivity index (χ4v) is 1.69. The lowest BCUT2D eigenvalue weighted by molar-refractivity contribution is -0.129. The van der Waals surface area contributed by atoms with E-state index in [0.717, 1.165) is 0 Å². The van der Waals surface area contributed by atoms with Gasteiger partial charge in [-0.05, 0) is 42.0 Å². The van der Waals surface area contributed by atoms with Crippen molar-refractivity contribution in [2.24, 2.45) is 0 Å². The number of hydrazine groups is 1. The molecule has 5 nitrogen and oxygen atoms in total. The molecule has 0 bridgehead atoms. The molecular formula is C16H14F2N2O3. The average molecular weight is 320 g/mol. The Balaban J connectivity index is 1.70. The molecular weight excluding hydrogens is 306 g/mol. The molecule has 0 aliphatic rings. The molecule has 0 aromatic heterocycles. The van der Waals surface area contributed by atoms with E-state index in [1.807, 2.05) is 0 Å². The van der Waals surface area contributed by atoms with E-state index in [9.17, 15) is 18.4 Å². The van der Waals surface area contributed by atoms with Gasteiger partial charge in [0.2, 0.25) is 5.91 Å². The minimum atomic E-state index is -0.568. The lowest BCUT2D eigenvalue weighted by atomic mass is 10.1. The second-order valence-corrected chi connectivity index (χ2v) is 4.64. The van der Waals surface area contributed by atoms with E-state index in [2.05, 4.69) is 10.9 Å². The van der Waals surface area contributed by atoms with Crippen LogP contribution < -0.4 is 15.6 Å². The summed E-state index contributed by atoms with van der Waals surface area (Å²) < 4.78 is 30.5. The van der Waals surface area contributed by atoms with Crippen LogP contribution in [-0.4, -0.2) is 18.4 Å². The normalized spacial score (nSPS) is 10.0. The Bertz CT molecular complexity index is 673. The summed E-state index contributed by atoms with van der Waals surface area (Å²) in [6.07, 6.45) is -0.000616. The summed E-state index contributed by atoms with van der Waals surface area (Å²) in [4.78, 5) is 23.1. The topological polar surface area (TPSA) is 67.4 Å². The third-order valence-corrected chi connectivity index (χ3v) is 2.80. The fourth-order valence-electron chi connectivity index (χ4n) is 1.69. The number of amides is 2. The van der Waals surface area contributed by atoms with Gasteiger partial charge in [0.05, 0.1) is 6.42 Å². The smallest absolute Gasteiger partial charge is 0.276 e. The van der Waals surface area contributed by atoms with Gasteiger partial charge in [-0.25, -0.2) is 8.78 Å². The van der Waals surface area contributed by atoms with Crippen LogP contribution in [0, 0.1) is 11.6 Å². The average Bonchev–Trinajstić information content (AvgIpc) is 2.54. The van der Waals surface area contributed by atoms with E-state index >= 15 is 0 Å². The number of nitrogens with one attached hydrogen (secondary N) is 2. The monoisotopic (exact) mass is 320 g/mol. The van der Waals surface area contributed by atoms with Crippen LogP contribution in [0.1, 0.15) is 5.56 Å². The molecule has 0 unspecified atom stereocenters. The molecule has 0 saturated carbocycles. The molecule has 0 aliphatic heterocycles. The Hall–Kier alpha value is -2.96. The van der Waals surface area contributed by atoms with Crippen molar-refractivity contribution in [1.29, 1.82) is 0 Å². The van der Waals surface area contributed by atoms with Crippen LogP contribution in [0.15, 0.2) is 48.5 Å². The van der Waals surface area contributed by atoms with E-state index in [4.69, 9.17) is 4.74 Å². The minimum absolute atomic E-state index is 0.000616. The molecule has 2 rings (SSSR count). The quantitative estimate of drug-likeness (QED) is 0.825. The number of halogens is 2. The minimum Gasteiger partial charge on any atom is -0.484 e. The van der Waals surface area contributed by atoms with E-state index in [-0.39, 0.29) is 18.8 Å². The molecule has 0 spiro atoms. The first-order valence-electron chi connectivity index (χ1n) is 6.73. The van der Waals surface area contributed by atoms with Crippen molar-refractivity contribution >= 4 is 11.8 Å². The van der Waals surface area contributed by atoms with Crippen molar-refractivity contribution in [2.75, 3.05) is 6.61 Å². The van der Waals surface area contributed by atoms with Crippen LogP contribution in [0.3, 0.4) is 0 Å². The number of hydrogen-bond donors (Lipinski definition) is 2. The van der Waals surface area contributed by atoms with Crippen LogP contribution in [0.2, 0.25) is 0 Å². The maximum Gasteiger partial charge on any atom is 0.276 e. The summed E-state index contributed by atoms with van der Waals surface area (Å²) >= 11 is 0. The van der Waals surface area contributed by atoms with E-state index < -0.39 is 17.6 Å². The third-order valence-electron chi connectivity index (χ3n) is 2.80. The summed E-state index contributed by atoms with van der Waals surface area (Å²) in [7, 11) is 0. The number of rotatable bonds is 5. The molecule has 120 valence electrons. The largest absolute Gasteiger partial charge is 0.484 e. The first kappa shape index (κ1) is 16.4. The zero-order valence-electron chi connectivity index (χ0n) is 12.0. The molecule has 0 atom stereocenters. The van der Waals surface area contributed by atoms with Crippen molar-refractivity contribution < 1.29 is 23.1 Å². The van der Waals surface area contributed by atoms with Gasteiger partial charge in [0.15, 0.2) is 6.61 Å². The molecule has 0 radical (unpaired) electrons. The lowest BCUT2D eigenvalue weighted by Crippen LogP contribution is -2.44. The molecule has 2 N–H and O–H groups in total. The standard InChI is InChI=1S/C16H14F2N2O3/c17-12-3-1-11(2-4-12)9-15(21)19-20-16(22)10-23-14-7-5-13(18)6-8-14/h1-8H,9-10H2,(H,19,21)(H,20,22). The second-order valence-electron chi connectivity index (χ2n) is 4.64. The predicted molar refractivity (Wildman–Crippen MR) is 78.3 cm³/mol. The second kappa shape index (κ2) is 7.88. The number of hydrogen-bond acceptors (Lipinski definition) is 3. The zero-order chi connectivity index (χ0) is 16.7. The first-order chi connectivity index (χ1) is 11.0. The summed E-state index contributed by atoms with van der Waals surface area (Å²) in [6.45, 7) is -0.331. The van der Waals surface area contributed by atoms with Gasteiger partial charge in [-0.15, -0.1) is 0 Å². The maximum atomic E-state index is 12.7. The Morgan fingerprint density at radius 3 is 1.96 bits per heavy atom. The Labute approximate surface area is 131 Å². The molecule has 2 aromatic rings. The van der Waals surface area contributed by atoms with Crippen LogP contribution in [-0.2, 0) is 16.0 Å². The molecule has 0 saturated heterocycles. The lowest BCUT2D eigenvalue weighted by Gasteiger charge is -2.09. The van der Waals surface area contributed by atoms with Crippen molar-refractivity contribution in [3.05, 3.63) is 65.7 Å². The van der Waals surface area contributed by atoms with Gasteiger partial charge in [0.1, 0.15) is 17.4 Å². The number of carbonyl (C=O) groups excluding carboxylic acids is 2. The Morgan fingerprint density at radius 2 is 1.35 bits per heavy atom. The van der Waals surface area contributed by atoms with Crippen molar-refractivity contribution in [3.8, 4) is 5.75 Å². The van der Waals surface area contributed by atoms with Crippen molar-refractivity contribution in [1.82, 2.24) is 10.9 Å². The molecule has 0 fully saturated rings. The summed E-state index contributed by atoms with van der Waals surface area (Å²) in [5.41, 5.74) is 5.01. The first-order valence-corrected chi connectivity index (χ1v) is 6.73. The molecule has 0 aliphatic carbocycles. The maximum absolute atomic E-state index is 12.7. The van der Waals surface area contributed by atoms with Gasteiger partial charge in [0, 0.05) is 0 Å². The van der Waals surface area contributed by atoms with Gasteiger partial charge in [-0.1, -0.05) is 12.1 Å². The summed E-state index contributed by atoms with van der Waals surface area (Å²) in [5.74, 6) is -1.48. The fraction of sp³-hybridized carbons (Fsp3) is 0.125. The highest BCUT2D eigenvalue weighted by Crippen LogP contribution is 2.10. The van der Waals surface area contributed by atoms with Crippen molar-refractivity contribution in [3.63, 3.8) is 0 Å². The summed E-state index contributed by atoms with van der Waals surface area (Å²) in [6, 6.07) is 10.6. The van der Waals surface area contributed by atoms with Crippen LogP contribution in [0.25, 0.3) is 0 Å². The molecule has 7 heteroatoms. The number of benzene rings is 2. The molecule has 2 amide bonds. The van der Waals surface area contributed by atoms with E-state index in [0.29, 0.717) is 11.3 Å². The van der Waals surface area contributed by atoms with E-state index in [1.54, 1.807) is 0 Å². The Kier molecular flexibility index (Phi) is 5.62. The molecule has 23 heavy (non-hydrogen) atoms. The Morgan fingerprint density at radius 1 is 0.826 bits per heavy atom. The molecule has 0 heterocycles. The van der Waals surface area contributed by atoms with Gasteiger partial charge in [-0.3, -0.25) is 20.4 Å². The van der Waals surface area contributed by atoms with E-state index in [1.165, 1.54) is 48.5 Å². The van der Waals surface area contributed by atoms with Crippen molar-refractivity contribution in [2.45, 2.75) is 6.42 Å². The SMILES string of the molecule is O=C(COc1ccc(F)cc1)NNC(=O)Cc1ccc(F)cc1. The number of ether oxygens (including phenoxy) is 1. The van der Waals surface area contributed by atoms with Crippen LogP contribution >= 0.6 is 0 Å².